The monoisotopic (exact) mass is 514 g/mol. The number of allylic oxidation sites excluding steroid dienone is 2. The normalized spacial score (nSPS) is 12.6. The van der Waals surface area contributed by atoms with Gasteiger partial charge in [0.1, 0.15) is 5.60 Å². The van der Waals surface area contributed by atoms with Crippen molar-refractivity contribution >= 4 is 6.09 Å². The van der Waals surface area contributed by atoms with E-state index in [0.717, 1.165) is 19.3 Å². The molecule has 0 radical (unpaired) electrons. The second-order valence-corrected chi connectivity index (χ2v) is 11.6. The van der Waals surface area contributed by atoms with Crippen LogP contribution in [-0.2, 0) is 4.74 Å². The van der Waals surface area contributed by atoms with E-state index in [1.165, 1.54) is 102 Å². The molecule has 0 fully saturated rings. The van der Waals surface area contributed by atoms with Crippen LogP contribution in [0, 0.1) is 0 Å². The van der Waals surface area contributed by atoms with Crippen molar-refractivity contribution in [2.75, 3.05) is 6.54 Å². The number of amides is 1. The van der Waals surface area contributed by atoms with Crippen LogP contribution in [0.15, 0.2) is 36.7 Å². The number of rotatable bonds is 22. The van der Waals surface area contributed by atoms with E-state index in [1.54, 1.807) is 0 Å². The molecule has 1 unspecified atom stereocenters. The summed E-state index contributed by atoms with van der Waals surface area (Å²) in [7, 11) is 0. The Kier molecular flexibility index (Phi) is 19.9. The van der Waals surface area contributed by atoms with Gasteiger partial charge in [-0.2, -0.15) is 0 Å². The van der Waals surface area contributed by atoms with Crippen LogP contribution in [0.4, 0.5) is 4.79 Å². The van der Waals surface area contributed by atoms with Crippen LogP contribution in [0.2, 0.25) is 0 Å². The number of aromatic nitrogens is 1. The highest BCUT2D eigenvalue weighted by Gasteiger charge is 2.16. The van der Waals surface area contributed by atoms with Crippen LogP contribution in [0.25, 0.3) is 0 Å². The fraction of sp³-hybridized carbons (Fsp3) is 0.758. The van der Waals surface area contributed by atoms with Crippen molar-refractivity contribution in [3.05, 3.63) is 42.2 Å². The molecule has 4 nitrogen and oxygen atoms in total. The fourth-order valence-corrected chi connectivity index (χ4v) is 4.77. The van der Waals surface area contributed by atoms with Crippen LogP contribution in [-0.4, -0.2) is 23.2 Å². The molecule has 0 aliphatic heterocycles. The molecule has 0 saturated carbocycles. The number of carbonyl (C=O) groups is 1. The van der Waals surface area contributed by atoms with E-state index in [4.69, 9.17) is 4.74 Å². The molecule has 1 rings (SSSR count). The average molecular weight is 515 g/mol. The van der Waals surface area contributed by atoms with Gasteiger partial charge in [-0.1, -0.05) is 89.7 Å². The number of hydrogen-bond donors (Lipinski definition) is 1. The Hall–Kier alpha value is -1.84. The molecule has 0 spiro atoms. The third-order valence-corrected chi connectivity index (χ3v) is 6.89. The standard InChI is InChI=1S/C33H58N2O2/c1-5-6-7-8-9-10-11-12-13-14-15-16-17-18-19-20-23-30(31-25-28-34-29-26-31)24-21-22-27-35-32(36)37-33(2,3)4/h12-13,25-26,28-30H,5-11,14-24,27H2,1-4H3,(H,35,36). The van der Waals surface area contributed by atoms with Crippen LogP contribution < -0.4 is 5.32 Å². The third kappa shape index (κ3) is 20.9. The molecule has 1 aromatic heterocycles. The lowest BCUT2D eigenvalue weighted by molar-refractivity contribution is 0.0527. The zero-order valence-corrected chi connectivity index (χ0v) is 24.7. The zero-order valence-electron chi connectivity index (χ0n) is 24.7. The van der Waals surface area contributed by atoms with Crippen molar-refractivity contribution in [1.82, 2.24) is 10.3 Å². The van der Waals surface area contributed by atoms with E-state index in [1.807, 2.05) is 33.2 Å². The highest BCUT2D eigenvalue weighted by atomic mass is 16.6. The summed E-state index contributed by atoms with van der Waals surface area (Å²) in [5, 5.41) is 2.88. The van der Waals surface area contributed by atoms with Gasteiger partial charge < -0.3 is 10.1 Å². The van der Waals surface area contributed by atoms with E-state index in [9.17, 15) is 4.79 Å². The highest BCUT2D eigenvalue weighted by molar-refractivity contribution is 5.67. The second-order valence-electron chi connectivity index (χ2n) is 11.6. The Morgan fingerprint density at radius 1 is 0.811 bits per heavy atom. The number of unbranched alkanes of at least 4 members (excludes halogenated alkanes) is 13. The van der Waals surface area contributed by atoms with E-state index < -0.39 is 5.60 Å². The largest absolute Gasteiger partial charge is 0.444 e. The Bertz CT molecular complexity index is 681. The zero-order chi connectivity index (χ0) is 27.0. The summed E-state index contributed by atoms with van der Waals surface area (Å²) in [6, 6.07) is 4.34. The van der Waals surface area contributed by atoms with Crippen LogP contribution >= 0.6 is 0 Å². The van der Waals surface area contributed by atoms with Gasteiger partial charge in [0, 0.05) is 18.9 Å². The molecule has 4 heteroatoms. The first-order chi connectivity index (χ1) is 17.9. The van der Waals surface area contributed by atoms with E-state index in [0.29, 0.717) is 12.5 Å². The molecule has 0 aliphatic carbocycles. The van der Waals surface area contributed by atoms with Crippen molar-refractivity contribution in [3.63, 3.8) is 0 Å². The highest BCUT2D eigenvalue weighted by Crippen LogP contribution is 2.28. The van der Waals surface area contributed by atoms with E-state index >= 15 is 0 Å². The van der Waals surface area contributed by atoms with Crippen molar-refractivity contribution in [1.29, 1.82) is 0 Å². The summed E-state index contributed by atoms with van der Waals surface area (Å²) in [5.41, 5.74) is 0.961. The summed E-state index contributed by atoms with van der Waals surface area (Å²) < 4.78 is 5.31. The summed E-state index contributed by atoms with van der Waals surface area (Å²) in [6.07, 6.45) is 31.7. The molecule has 212 valence electrons. The van der Waals surface area contributed by atoms with Gasteiger partial charge in [-0.05, 0) is 89.3 Å². The number of carbonyl (C=O) groups excluding carboxylic acids is 1. The first kappa shape index (κ1) is 33.2. The molecule has 0 aromatic carbocycles. The lowest BCUT2D eigenvalue weighted by Crippen LogP contribution is -2.33. The third-order valence-electron chi connectivity index (χ3n) is 6.89. The lowest BCUT2D eigenvalue weighted by atomic mass is 9.89. The summed E-state index contributed by atoms with van der Waals surface area (Å²) >= 11 is 0. The van der Waals surface area contributed by atoms with Crippen LogP contribution in [0.5, 0.6) is 0 Å². The topological polar surface area (TPSA) is 51.2 Å². The molecule has 37 heavy (non-hydrogen) atoms. The Labute approximate surface area is 229 Å². The van der Waals surface area contributed by atoms with Gasteiger partial charge in [0.2, 0.25) is 0 Å². The Balaban J connectivity index is 2.10. The number of nitrogens with zero attached hydrogens (tertiary/aromatic N) is 1. The predicted octanol–water partition coefficient (Wildman–Crippen LogP) is 10.3. The summed E-state index contributed by atoms with van der Waals surface area (Å²) in [5.74, 6) is 0.585. The molecule has 1 atom stereocenters. The number of ether oxygens (including phenoxy) is 1. The number of nitrogens with one attached hydrogen (secondary N) is 1. The quantitative estimate of drug-likeness (QED) is 0.124. The average Bonchev–Trinajstić information content (AvgIpc) is 2.86. The maximum Gasteiger partial charge on any atom is 0.407 e. The van der Waals surface area contributed by atoms with Crippen molar-refractivity contribution in [2.24, 2.45) is 0 Å². The van der Waals surface area contributed by atoms with Crippen LogP contribution in [0.3, 0.4) is 0 Å². The molecular formula is C33H58N2O2. The van der Waals surface area contributed by atoms with Crippen molar-refractivity contribution < 1.29 is 9.53 Å². The van der Waals surface area contributed by atoms with Gasteiger partial charge in [0.15, 0.2) is 0 Å². The maximum atomic E-state index is 11.8. The Morgan fingerprint density at radius 3 is 1.89 bits per heavy atom. The van der Waals surface area contributed by atoms with Gasteiger partial charge >= 0.3 is 6.09 Å². The molecule has 0 bridgehead atoms. The molecular weight excluding hydrogens is 456 g/mol. The Morgan fingerprint density at radius 2 is 1.32 bits per heavy atom. The molecule has 1 heterocycles. The number of hydrogen-bond acceptors (Lipinski definition) is 3. The van der Waals surface area contributed by atoms with E-state index in [2.05, 4.69) is 41.5 Å². The molecule has 1 amide bonds. The number of alkyl carbamates (subject to hydrolysis) is 1. The minimum atomic E-state index is -0.444. The molecule has 1 N–H and O–H groups in total. The number of pyridine rings is 1. The molecule has 0 saturated heterocycles. The smallest absolute Gasteiger partial charge is 0.407 e. The van der Waals surface area contributed by atoms with Gasteiger partial charge in [0.05, 0.1) is 0 Å². The predicted molar refractivity (Wildman–Crippen MR) is 159 cm³/mol. The second kappa shape index (κ2) is 22.2. The van der Waals surface area contributed by atoms with Crippen LogP contribution in [0.1, 0.15) is 155 Å². The fourth-order valence-electron chi connectivity index (χ4n) is 4.77. The van der Waals surface area contributed by atoms with Gasteiger partial charge in [-0.25, -0.2) is 4.79 Å². The maximum absolute atomic E-state index is 11.8. The summed E-state index contributed by atoms with van der Waals surface area (Å²) in [4.78, 5) is 16.0. The first-order valence-electron chi connectivity index (χ1n) is 15.4. The van der Waals surface area contributed by atoms with Gasteiger partial charge in [-0.3, -0.25) is 4.98 Å². The molecule has 0 aliphatic rings. The SMILES string of the molecule is CCCCCCCCC=CCCCCCCCCC(CCCCNC(=O)OC(C)(C)C)c1ccncc1. The van der Waals surface area contributed by atoms with Gasteiger partial charge in [-0.15, -0.1) is 0 Å². The first-order valence-corrected chi connectivity index (χ1v) is 15.4. The lowest BCUT2D eigenvalue weighted by Gasteiger charge is -2.20. The van der Waals surface area contributed by atoms with Gasteiger partial charge in [0.25, 0.3) is 0 Å². The van der Waals surface area contributed by atoms with Crippen molar-refractivity contribution in [2.45, 2.75) is 155 Å². The van der Waals surface area contributed by atoms with Crippen molar-refractivity contribution in [3.8, 4) is 0 Å². The van der Waals surface area contributed by atoms with E-state index in [-0.39, 0.29) is 6.09 Å². The summed E-state index contributed by atoms with van der Waals surface area (Å²) in [6.45, 7) is 8.63. The minimum Gasteiger partial charge on any atom is -0.444 e. The molecule has 1 aromatic rings. The minimum absolute atomic E-state index is 0.317.